The Morgan fingerprint density at radius 1 is 1.19 bits per heavy atom. The van der Waals surface area contributed by atoms with Crippen molar-refractivity contribution in [1.82, 2.24) is 4.57 Å². The lowest BCUT2D eigenvalue weighted by atomic mass is 10.0. The maximum atomic E-state index is 13.5. The number of allylic oxidation sites excluding steroid dienone is 1. The fourth-order valence-electron chi connectivity index (χ4n) is 4.00. The van der Waals surface area contributed by atoms with Crippen LogP contribution in [0.2, 0.25) is 0 Å². The smallest absolute Gasteiger partial charge is 0.338 e. The number of carbonyl (C=O) groups excluding carboxylic acids is 1. The van der Waals surface area contributed by atoms with Gasteiger partial charge in [0.05, 0.1) is 28.0 Å². The van der Waals surface area contributed by atoms with Crippen LogP contribution in [0.4, 0.5) is 0 Å². The Labute approximate surface area is 212 Å². The van der Waals surface area contributed by atoms with Gasteiger partial charge in [0, 0.05) is 16.5 Å². The molecule has 1 atom stereocenters. The van der Waals surface area contributed by atoms with Crippen LogP contribution in [0.3, 0.4) is 0 Å². The van der Waals surface area contributed by atoms with Crippen LogP contribution in [-0.2, 0) is 9.53 Å². The number of hydrogen-bond donors (Lipinski definition) is 1. The van der Waals surface area contributed by atoms with Crippen LogP contribution >= 0.6 is 22.7 Å². The van der Waals surface area contributed by atoms with Gasteiger partial charge in [-0.05, 0) is 49.6 Å². The molecule has 0 amide bonds. The highest BCUT2D eigenvalue weighted by atomic mass is 32.1. The molecule has 182 valence electrons. The first-order valence-corrected chi connectivity index (χ1v) is 12.7. The van der Waals surface area contributed by atoms with Crippen LogP contribution in [0.25, 0.3) is 17.4 Å². The summed E-state index contributed by atoms with van der Waals surface area (Å²) in [5.41, 5.74) is 1.49. The highest BCUT2D eigenvalue weighted by Gasteiger charge is 2.33. The fraction of sp³-hybridized carbons (Fsp3) is 0.154. The summed E-state index contributed by atoms with van der Waals surface area (Å²) in [5.74, 6) is -0.482. The number of hydrogen-bond acceptors (Lipinski definition) is 8. The lowest BCUT2D eigenvalue weighted by molar-refractivity contribution is -0.139. The Kier molecular flexibility index (Phi) is 6.29. The average molecular weight is 521 g/mol. The van der Waals surface area contributed by atoms with Crippen LogP contribution in [0.5, 0.6) is 0 Å². The number of esters is 1. The minimum absolute atomic E-state index is 0.185. The number of rotatable bonds is 6. The molecular weight excluding hydrogens is 500 g/mol. The first-order chi connectivity index (χ1) is 17.4. The molecule has 0 unspecified atom stereocenters. The first-order valence-electron chi connectivity index (χ1n) is 11.0. The van der Waals surface area contributed by atoms with Gasteiger partial charge in [0.25, 0.3) is 5.56 Å². The molecule has 8 nitrogen and oxygen atoms in total. The second-order valence-corrected chi connectivity index (χ2v) is 9.89. The zero-order chi connectivity index (χ0) is 25.4. The van der Waals surface area contributed by atoms with Gasteiger partial charge >= 0.3 is 11.9 Å². The summed E-state index contributed by atoms with van der Waals surface area (Å²) in [5, 5.41) is 11.0. The topological polar surface area (TPSA) is 111 Å². The van der Waals surface area contributed by atoms with Gasteiger partial charge in [-0.1, -0.05) is 29.5 Å². The van der Waals surface area contributed by atoms with Gasteiger partial charge in [0.1, 0.15) is 17.6 Å². The molecule has 5 rings (SSSR count). The van der Waals surface area contributed by atoms with Crippen molar-refractivity contribution in [2.45, 2.75) is 19.9 Å². The van der Waals surface area contributed by atoms with Gasteiger partial charge in [-0.3, -0.25) is 9.36 Å². The molecule has 1 aliphatic heterocycles. The number of nitrogens with zero attached hydrogens (tertiary/aromatic N) is 2. The summed E-state index contributed by atoms with van der Waals surface area (Å²) in [6, 6.07) is 13.0. The number of fused-ring (bicyclic) bond motifs is 1. The van der Waals surface area contributed by atoms with Crippen molar-refractivity contribution >= 4 is 40.7 Å². The Morgan fingerprint density at radius 3 is 2.64 bits per heavy atom. The Hall–Kier alpha value is -4.02. The van der Waals surface area contributed by atoms with E-state index in [0.29, 0.717) is 37.7 Å². The minimum Gasteiger partial charge on any atom is -0.478 e. The van der Waals surface area contributed by atoms with E-state index in [4.69, 9.17) is 14.3 Å². The van der Waals surface area contributed by atoms with Gasteiger partial charge in [0.15, 0.2) is 4.80 Å². The van der Waals surface area contributed by atoms with Crippen molar-refractivity contribution in [2.75, 3.05) is 6.61 Å². The third-order valence-corrected chi connectivity index (χ3v) is 7.55. The highest BCUT2D eigenvalue weighted by molar-refractivity contribution is 7.10. The molecular formula is C26H20N2O6S2. The zero-order valence-electron chi connectivity index (χ0n) is 19.3. The van der Waals surface area contributed by atoms with Crippen LogP contribution in [-0.4, -0.2) is 28.2 Å². The molecule has 1 aliphatic rings. The second kappa shape index (κ2) is 9.56. The van der Waals surface area contributed by atoms with E-state index in [-0.39, 0.29) is 17.7 Å². The predicted molar refractivity (Wildman–Crippen MR) is 136 cm³/mol. The zero-order valence-corrected chi connectivity index (χ0v) is 20.9. The molecule has 4 aromatic rings. The second-order valence-electron chi connectivity index (χ2n) is 7.90. The largest absolute Gasteiger partial charge is 0.478 e. The molecule has 36 heavy (non-hydrogen) atoms. The number of carboxylic acids is 1. The molecule has 0 saturated heterocycles. The van der Waals surface area contributed by atoms with E-state index in [1.807, 2.05) is 17.5 Å². The van der Waals surface area contributed by atoms with E-state index in [1.165, 1.54) is 39.4 Å². The van der Waals surface area contributed by atoms with Crippen LogP contribution in [0, 0.1) is 0 Å². The van der Waals surface area contributed by atoms with Crippen molar-refractivity contribution in [2.24, 2.45) is 4.99 Å². The van der Waals surface area contributed by atoms with Crippen molar-refractivity contribution in [1.29, 1.82) is 0 Å². The first kappa shape index (κ1) is 23.7. The molecule has 4 heterocycles. The summed E-state index contributed by atoms with van der Waals surface area (Å²) in [6.07, 6.45) is 1.65. The number of furan rings is 1. The van der Waals surface area contributed by atoms with Crippen LogP contribution in [0.15, 0.2) is 79.4 Å². The third-order valence-electron chi connectivity index (χ3n) is 5.65. The maximum Gasteiger partial charge on any atom is 0.338 e. The minimum atomic E-state index is -1.00. The number of thiazole rings is 1. The van der Waals surface area contributed by atoms with E-state index in [2.05, 4.69) is 4.99 Å². The SMILES string of the molecule is CCOC(=O)C1=C(C)N=c2s/c(=C/c3ccc(-c4ccc(C(=O)O)cc4)o3)c(=O)n2[C@@H]1c1cccs1. The predicted octanol–water partition coefficient (Wildman–Crippen LogP) is 3.82. The van der Waals surface area contributed by atoms with Gasteiger partial charge in [-0.2, -0.15) is 0 Å². The Morgan fingerprint density at radius 2 is 1.97 bits per heavy atom. The van der Waals surface area contributed by atoms with Crippen LogP contribution < -0.4 is 14.9 Å². The van der Waals surface area contributed by atoms with Crippen molar-refractivity contribution < 1.29 is 23.8 Å². The van der Waals surface area contributed by atoms with E-state index in [9.17, 15) is 14.4 Å². The van der Waals surface area contributed by atoms with Crippen LogP contribution in [0.1, 0.15) is 40.9 Å². The standard InChI is InChI=1S/C26H20N2O6S2/c1-3-33-25(32)21-14(2)27-26-28(22(21)19-5-4-12-35-19)23(29)20(36-26)13-17-10-11-18(34-17)15-6-8-16(9-7-15)24(30)31/h4-13,22H,3H2,1-2H3,(H,30,31)/b20-13+/t22-/m1/s1. The molecule has 1 N–H and O–H groups in total. The maximum absolute atomic E-state index is 13.5. The lowest BCUT2D eigenvalue weighted by Crippen LogP contribution is -2.39. The molecule has 0 radical (unpaired) electrons. The summed E-state index contributed by atoms with van der Waals surface area (Å²) in [4.78, 5) is 43.3. The number of benzene rings is 1. The number of carboxylic acid groups (broad SMARTS) is 1. The molecule has 0 bridgehead atoms. The Balaban J connectivity index is 1.57. The van der Waals surface area contributed by atoms with Gasteiger partial charge in [-0.25, -0.2) is 14.6 Å². The van der Waals surface area contributed by atoms with Crippen molar-refractivity contribution in [3.05, 3.63) is 101 Å². The van der Waals surface area contributed by atoms with Gasteiger partial charge in [0.2, 0.25) is 0 Å². The van der Waals surface area contributed by atoms with Gasteiger partial charge in [-0.15, -0.1) is 11.3 Å². The molecule has 0 fully saturated rings. The van der Waals surface area contributed by atoms with Crippen molar-refractivity contribution in [3.63, 3.8) is 0 Å². The quantitative estimate of drug-likeness (QED) is 0.387. The fourth-order valence-corrected chi connectivity index (χ4v) is 5.85. The summed E-state index contributed by atoms with van der Waals surface area (Å²) in [7, 11) is 0. The number of aromatic nitrogens is 1. The number of carbonyl (C=O) groups is 2. The monoisotopic (exact) mass is 520 g/mol. The van der Waals surface area contributed by atoms with E-state index in [1.54, 1.807) is 44.2 Å². The summed E-state index contributed by atoms with van der Waals surface area (Å²) < 4.78 is 13.1. The van der Waals surface area contributed by atoms with E-state index < -0.39 is 18.0 Å². The number of ether oxygens (including phenoxy) is 1. The van der Waals surface area contributed by atoms with Crippen molar-refractivity contribution in [3.8, 4) is 11.3 Å². The van der Waals surface area contributed by atoms with E-state index in [0.717, 1.165) is 4.88 Å². The molecule has 1 aromatic carbocycles. The molecule has 10 heteroatoms. The summed E-state index contributed by atoms with van der Waals surface area (Å²) in [6.45, 7) is 3.71. The molecule has 0 saturated carbocycles. The average Bonchev–Trinajstić information content (AvgIpc) is 3.60. The highest BCUT2D eigenvalue weighted by Crippen LogP contribution is 2.33. The molecule has 0 spiro atoms. The van der Waals surface area contributed by atoms with Gasteiger partial charge < -0.3 is 14.3 Å². The molecule has 0 aliphatic carbocycles. The third kappa shape index (κ3) is 4.25. The normalized spacial score (nSPS) is 15.5. The Bertz CT molecular complexity index is 1670. The summed E-state index contributed by atoms with van der Waals surface area (Å²) >= 11 is 2.68. The molecule has 3 aromatic heterocycles. The van der Waals surface area contributed by atoms with E-state index >= 15 is 0 Å². The lowest BCUT2D eigenvalue weighted by Gasteiger charge is -2.23. The number of thiophene rings is 1. The number of aromatic carboxylic acids is 1.